The van der Waals surface area contributed by atoms with Crippen LogP contribution in [0.5, 0.6) is 0 Å². The van der Waals surface area contributed by atoms with Gasteiger partial charge in [0, 0.05) is 23.9 Å². The average Bonchev–Trinajstić information content (AvgIpc) is 2.32. The van der Waals surface area contributed by atoms with Crippen molar-refractivity contribution >= 4 is 0 Å². The summed E-state index contributed by atoms with van der Waals surface area (Å²) in [7, 11) is 0. The first-order chi connectivity index (χ1) is 8.18. The van der Waals surface area contributed by atoms with Crippen LogP contribution in [0, 0.1) is 12.7 Å². The molecule has 1 aromatic heterocycles. The van der Waals surface area contributed by atoms with Crippen LogP contribution in [-0.2, 0) is 6.42 Å². The van der Waals surface area contributed by atoms with E-state index < -0.39 is 6.10 Å². The van der Waals surface area contributed by atoms with E-state index in [1.54, 1.807) is 24.4 Å². The molecule has 1 atom stereocenters. The zero-order valence-electron chi connectivity index (χ0n) is 9.60. The van der Waals surface area contributed by atoms with E-state index in [1.807, 2.05) is 19.1 Å². The maximum Gasteiger partial charge on any atom is 0.129 e. The van der Waals surface area contributed by atoms with E-state index in [0.717, 1.165) is 11.3 Å². The lowest BCUT2D eigenvalue weighted by Crippen LogP contribution is -2.06. The highest BCUT2D eigenvalue weighted by Crippen LogP contribution is 2.21. The molecule has 88 valence electrons. The smallest absolute Gasteiger partial charge is 0.129 e. The number of rotatable bonds is 3. The molecule has 3 heteroatoms. The van der Waals surface area contributed by atoms with E-state index >= 15 is 0 Å². The van der Waals surface area contributed by atoms with Gasteiger partial charge in [-0.3, -0.25) is 4.98 Å². The van der Waals surface area contributed by atoms with Crippen LogP contribution in [0.4, 0.5) is 4.39 Å². The van der Waals surface area contributed by atoms with Crippen LogP contribution in [-0.4, -0.2) is 10.1 Å². The number of pyridine rings is 1. The van der Waals surface area contributed by atoms with Crippen molar-refractivity contribution in [1.82, 2.24) is 4.98 Å². The van der Waals surface area contributed by atoms with E-state index in [9.17, 15) is 9.50 Å². The maximum atomic E-state index is 13.5. The highest BCUT2D eigenvalue weighted by Gasteiger charge is 2.14. The summed E-state index contributed by atoms with van der Waals surface area (Å²) in [6, 6.07) is 10.0. The minimum atomic E-state index is -0.857. The molecule has 0 amide bonds. The van der Waals surface area contributed by atoms with Crippen molar-refractivity contribution in [3.05, 3.63) is 65.2 Å². The molecule has 1 aromatic carbocycles. The third kappa shape index (κ3) is 2.68. The van der Waals surface area contributed by atoms with Gasteiger partial charge >= 0.3 is 0 Å². The number of aliphatic hydroxyl groups excluding tert-OH is 1. The number of aromatic nitrogens is 1. The molecule has 1 N–H and O–H groups in total. The molecule has 0 radical (unpaired) electrons. The van der Waals surface area contributed by atoms with E-state index in [1.165, 1.54) is 6.07 Å². The summed E-state index contributed by atoms with van der Waals surface area (Å²) < 4.78 is 13.5. The number of hydrogen-bond acceptors (Lipinski definition) is 2. The predicted molar refractivity (Wildman–Crippen MR) is 64.0 cm³/mol. The summed E-state index contributed by atoms with van der Waals surface area (Å²) in [5.74, 6) is -0.381. The second-order valence-electron chi connectivity index (χ2n) is 4.01. The molecule has 1 heterocycles. The van der Waals surface area contributed by atoms with Crippen molar-refractivity contribution in [3.63, 3.8) is 0 Å². The van der Waals surface area contributed by atoms with E-state index in [2.05, 4.69) is 4.98 Å². The number of hydrogen-bond donors (Lipinski definition) is 1. The van der Waals surface area contributed by atoms with Gasteiger partial charge in [-0.15, -0.1) is 0 Å². The molecule has 0 aliphatic carbocycles. The Labute approximate surface area is 99.8 Å². The minimum absolute atomic E-state index is 0.317. The number of aryl methyl sites for hydroxylation is 1. The molecule has 0 fully saturated rings. The Kier molecular flexibility index (Phi) is 3.49. The Morgan fingerprint density at radius 1 is 1.24 bits per heavy atom. The first-order valence-corrected chi connectivity index (χ1v) is 5.51. The fraction of sp³-hybridized carbons (Fsp3) is 0.214. The predicted octanol–water partition coefficient (Wildman–Crippen LogP) is 2.81. The van der Waals surface area contributed by atoms with Gasteiger partial charge in [-0.05, 0) is 24.6 Å². The first-order valence-electron chi connectivity index (χ1n) is 5.51. The lowest BCUT2D eigenvalue weighted by atomic mass is 10.0. The monoisotopic (exact) mass is 231 g/mol. The summed E-state index contributed by atoms with van der Waals surface area (Å²) >= 11 is 0. The van der Waals surface area contributed by atoms with Gasteiger partial charge in [0.2, 0.25) is 0 Å². The largest absolute Gasteiger partial charge is 0.388 e. The molecule has 2 aromatic rings. The molecule has 2 rings (SSSR count). The maximum absolute atomic E-state index is 13.5. The quantitative estimate of drug-likeness (QED) is 0.881. The van der Waals surface area contributed by atoms with Gasteiger partial charge in [0.25, 0.3) is 0 Å². The van der Waals surface area contributed by atoms with E-state index in [-0.39, 0.29) is 5.82 Å². The van der Waals surface area contributed by atoms with Crippen molar-refractivity contribution in [3.8, 4) is 0 Å². The van der Waals surface area contributed by atoms with Crippen LogP contribution in [0.15, 0.2) is 42.6 Å². The molecule has 0 spiro atoms. The molecule has 0 aliphatic rings. The average molecular weight is 231 g/mol. The SMILES string of the molecule is Cc1cccnc1CC(O)c1ccccc1F. The highest BCUT2D eigenvalue weighted by atomic mass is 19.1. The molecule has 0 bridgehead atoms. The molecular formula is C14H14FNO. The normalized spacial score (nSPS) is 12.4. The number of benzene rings is 1. The molecule has 1 unspecified atom stereocenters. The lowest BCUT2D eigenvalue weighted by molar-refractivity contribution is 0.172. The summed E-state index contributed by atoms with van der Waals surface area (Å²) in [5.41, 5.74) is 2.11. The Morgan fingerprint density at radius 2 is 2.00 bits per heavy atom. The van der Waals surface area contributed by atoms with Gasteiger partial charge < -0.3 is 5.11 Å². The van der Waals surface area contributed by atoms with Crippen LogP contribution in [0.2, 0.25) is 0 Å². The molecule has 0 aliphatic heterocycles. The van der Waals surface area contributed by atoms with Crippen LogP contribution < -0.4 is 0 Å². The second kappa shape index (κ2) is 5.06. The topological polar surface area (TPSA) is 33.1 Å². The lowest BCUT2D eigenvalue weighted by Gasteiger charge is -2.12. The van der Waals surface area contributed by atoms with Gasteiger partial charge in [-0.2, -0.15) is 0 Å². The number of nitrogens with zero attached hydrogens (tertiary/aromatic N) is 1. The fourth-order valence-corrected chi connectivity index (χ4v) is 1.77. The summed E-state index contributed by atoms with van der Waals surface area (Å²) in [6.45, 7) is 1.93. The number of aliphatic hydroxyl groups is 1. The number of halogens is 1. The Morgan fingerprint density at radius 3 is 2.71 bits per heavy atom. The zero-order chi connectivity index (χ0) is 12.3. The van der Waals surface area contributed by atoms with Gasteiger partial charge in [0.1, 0.15) is 5.82 Å². The Bertz CT molecular complexity index is 513. The highest BCUT2D eigenvalue weighted by molar-refractivity contribution is 5.24. The van der Waals surface area contributed by atoms with Gasteiger partial charge in [0.15, 0.2) is 0 Å². The molecule has 0 saturated heterocycles. The van der Waals surface area contributed by atoms with E-state index in [4.69, 9.17) is 0 Å². The van der Waals surface area contributed by atoms with Crippen molar-refractivity contribution in [2.45, 2.75) is 19.4 Å². The van der Waals surface area contributed by atoms with E-state index in [0.29, 0.717) is 12.0 Å². The van der Waals surface area contributed by atoms with Crippen LogP contribution in [0.1, 0.15) is 22.9 Å². The standard InChI is InChI=1S/C14H14FNO/c1-10-5-4-8-16-13(10)9-14(17)11-6-2-3-7-12(11)15/h2-8,14,17H,9H2,1H3. The Hall–Kier alpha value is -1.74. The van der Waals surface area contributed by atoms with Crippen molar-refractivity contribution in [1.29, 1.82) is 0 Å². The van der Waals surface area contributed by atoms with Crippen molar-refractivity contribution in [2.75, 3.05) is 0 Å². The third-order valence-electron chi connectivity index (χ3n) is 2.77. The van der Waals surface area contributed by atoms with Gasteiger partial charge in [-0.1, -0.05) is 24.3 Å². The fourth-order valence-electron chi connectivity index (χ4n) is 1.77. The van der Waals surface area contributed by atoms with Crippen LogP contribution >= 0.6 is 0 Å². The molecule has 17 heavy (non-hydrogen) atoms. The Balaban J connectivity index is 2.20. The van der Waals surface area contributed by atoms with Crippen molar-refractivity contribution < 1.29 is 9.50 Å². The summed E-state index contributed by atoms with van der Waals surface area (Å²) in [5, 5.41) is 10.00. The molecule has 0 saturated carbocycles. The molecule has 2 nitrogen and oxygen atoms in total. The van der Waals surface area contributed by atoms with Crippen LogP contribution in [0.25, 0.3) is 0 Å². The van der Waals surface area contributed by atoms with Crippen molar-refractivity contribution in [2.24, 2.45) is 0 Å². The van der Waals surface area contributed by atoms with Gasteiger partial charge in [-0.25, -0.2) is 4.39 Å². The second-order valence-corrected chi connectivity index (χ2v) is 4.01. The van der Waals surface area contributed by atoms with Gasteiger partial charge in [0.05, 0.1) is 6.10 Å². The zero-order valence-corrected chi connectivity index (χ0v) is 9.60. The summed E-state index contributed by atoms with van der Waals surface area (Å²) in [4.78, 5) is 4.19. The molecular weight excluding hydrogens is 217 g/mol. The first kappa shape index (κ1) is 11.7. The minimum Gasteiger partial charge on any atom is -0.388 e. The summed E-state index contributed by atoms with van der Waals surface area (Å²) in [6.07, 6.45) is 1.15. The third-order valence-corrected chi connectivity index (χ3v) is 2.77. The van der Waals surface area contributed by atoms with Crippen LogP contribution in [0.3, 0.4) is 0 Å².